The van der Waals surface area contributed by atoms with Gasteiger partial charge in [0.25, 0.3) is 0 Å². The number of methoxy groups -OCH3 is 1. The van der Waals surface area contributed by atoms with Crippen LogP contribution in [0.25, 0.3) is 0 Å². The Morgan fingerprint density at radius 2 is 1.88 bits per heavy atom. The van der Waals surface area contributed by atoms with E-state index < -0.39 is 11.6 Å². The minimum absolute atomic E-state index is 0.00445. The van der Waals surface area contributed by atoms with Crippen LogP contribution in [0.5, 0.6) is 0 Å². The highest BCUT2D eigenvalue weighted by molar-refractivity contribution is 5.91. The number of hydrogen-bond donors (Lipinski definition) is 1. The number of carbonyl (C=O) groups is 1. The van der Waals surface area contributed by atoms with Crippen molar-refractivity contribution in [3.05, 3.63) is 34.9 Å². The number of ketones is 1. The highest BCUT2D eigenvalue weighted by Gasteiger charge is 2.14. The van der Waals surface area contributed by atoms with Crippen LogP contribution in [0.4, 0.5) is 8.78 Å². The molecule has 0 bridgehead atoms. The molecule has 0 heterocycles. The lowest BCUT2D eigenvalue weighted by molar-refractivity contribution is -0.116. The standard InChI is InChI=1S/C11H11F2NO2/c1-6(15)3-8-9(12)4-7(5-10(8)13)11(14)16-2/h4-5,14H,3H2,1-2H3. The molecule has 0 aliphatic carbocycles. The van der Waals surface area contributed by atoms with Gasteiger partial charge in [0.1, 0.15) is 17.4 Å². The molecule has 1 N–H and O–H groups in total. The molecule has 0 radical (unpaired) electrons. The van der Waals surface area contributed by atoms with Crippen LogP contribution in [0, 0.1) is 17.0 Å². The van der Waals surface area contributed by atoms with Gasteiger partial charge in [-0.3, -0.25) is 10.2 Å². The summed E-state index contributed by atoms with van der Waals surface area (Å²) in [5.74, 6) is -2.33. The lowest BCUT2D eigenvalue weighted by Crippen LogP contribution is -2.08. The fourth-order valence-corrected chi connectivity index (χ4v) is 1.27. The molecule has 0 aromatic heterocycles. The molecule has 1 aromatic carbocycles. The number of Topliss-reactive ketones (excluding diaryl/α,β-unsaturated/α-hetero) is 1. The number of ether oxygens (including phenoxy) is 1. The Labute approximate surface area is 91.5 Å². The number of nitrogens with one attached hydrogen (secondary N) is 1. The SMILES string of the molecule is COC(=N)c1cc(F)c(CC(C)=O)c(F)c1. The van der Waals surface area contributed by atoms with E-state index in [9.17, 15) is 13.6 Å². The van der Waals surface area contributed by atoms with Crippen molar-refractivity contribution in [3.63, 3.8) is 0 Å². The zero-order chi connectivity index (χ0) is 12.3. The van der Waals surface area contributed by atoms with Gasteiger partial charge in [0.05, 0.1) is 7.11 Å². The Morgan fingerprint density at radius 1 is 1.38 bits per heavy atom. The van der Waals surface area contributed by atoms with Gasteiger partial charge < -0.3 is 4.74 Å². The molecule has 0 spiro atoms. The molecule has 1 rings (SSSR count). The maximum Gasteiger partial charge on any atom is 0.213 e. The van der Waals surface area contributed by atoms with Gasteiger partial charge in [0.15, 0.2) is 0 Å². The van der Waals surface area contributed by atoms with E-state index in [1.165, 1.54) is 14.0 Å². The van der Waals surface area contributed by atoms with Crippen LogP contribution < -0.4 is 0 Å². The van der Waals surface area contributed by atoms with E-state index >= 15 is 0 Å². The second-order valence-electron chi connectivity index (χ2n) is 3.33. The number of rotatable bonds is 3. The molecular weight excluding hydrogens is 216 g/mol. The third-order valence-corrected chi connectivity index (χ3v) is 2.03. The van der Waals surface area contributed by atoms with Gasteiger partial charge in [-0.1, -0.05) is 0 Å². The van der Waals surface area contributed by atoms with Gasteiger partial charge in [-0.15, -0.1) is 0 Å². The summed E-state index contributed by atoms with van der Waals surface area (Å²) in [6.07, 6.45) is -0.293. The molecule has 5 heteroatoms. The average molecular weight is 227 g/mol. The van der Waals surface area contributed by atoms with Gasteiger partial charge in [0.2, 0.25) is 5.90 Å². The van der Waals surface area contributed by atoms with E-state index in [0.29, 0.717) is 0 Å². The third kappa shape index (κ3) is 2.62. The molecule has 0 aliphatic rings. The number of halogens is 2. The van der Waals surface area contributed by atoms with E-state index in [-0.39, 0.29) is 29.2 Å². The first-order chi connectivity index (χ1) is 7.45. The second-order valence-corrected chi connectivity index (χ2v) is 3.33. The first-order valence-corrected chi connectivity index (χ1v) is 4.56. The van der Waals surface area contributed by atoms with E-state index in [0.717, 1.165) is 12.1 Å². The maximum absolute atomic E-state index is 13.4. The van der Waals surface area contributed by atoms with Crippen molar-refractivity contribution >= 4 is 11.7 Å². The van der Waals surface area contributed by atoms with Crippen molar-refractivity contribution in [2.24, 2.45) is 0 Å². The van der Waals surface area contributed by atoms with E-state index in [4.69, 9.17) is 5.41 Å². The normalized spacial score (nSPS) is 10.0. The summed E-state index contributed by atoms with van der Waals surface area (Å²) in [6.45, 7) is 1.25. The van der Waals surface area contributed by atoms with Crippen molar-refractivity contribution in [1.82, 2.24) is 0 Å². The molecule has 86 valence electrons. The summed E-state index contributed by atoms with van der Waals surface area (Å²) in [5, 5.41) is 7.26. The van der Waals surface area contributed by atoms with Crippen LogP contribution in [0.1, 0.15) is 18.1 Å². The van der Waals surface area contributed by atoms with Crippen LogP contribution in [0.3, 0.4) is 0 Å². The molecule has 0 saturated carbocycles. The Morgan fingerprint density at radius 3 is 2.25 bits per heavy atom. The summed E-state index contributed by atoms with van der Waals surface area (Å²) in [4.78, 5) is 10.8. The highest BCUT2D eigenvalue weighted by atomic mass is 19.1. The fraction of sp³-hybridized carbons (Fsp3) is 0.273. The number of hydrogen-bond acceptors (Lipinski definition) is 3. The molecule has 0 atom stereocenters. The number of carbonyl (C=O) groups excluding carboxylic acids is 1. The first kappa shape index (κ1) is 12.3. The van der Waals surface area contributed by atoms with E-state index in [2.05, 4.69) is 4.74 Å². The highest BCUT2D eigenvalue weighted by Crippen LogP contribution is 2.17. The predicted molar refractivity (Wildman–Crippen MR) is 54.6 cm³/mol. The minimum Gasteiger partial charge on any atom is -0.481 e. The first-order valence-electron chi connectivity index (χ1n) is 4.56. The summed E-state index contributed by atoms with van der Waals surface area (Å²) in [6, 6.07) is 1.96. The van der Waals surface area contributed by atoms with Crippen LogP contribution in [0.15, 0.2) is 12.1 Å². The second kappa shape index (κ2) is 4.83. The summed E-state index contributed by atoms with van der Waals surface area (Å²) in [7, 11) is 1.24. The zero-order valence-corrected chi connectivity index (χ0v) is 8.93. The Hall–Kier alpha value is -1.78. The molecule has 3 nitrogen and oxygen atoms in total. The Bertz CT molecular complexity index is 421. The largest absolute Gasteiger partial charge is 0.481 e. The minimum atomic E-state index is -0.841. The lowest BCUT2D eigenvalue weighted by atomic mass is 10.1. The zero-order valence-electron chi connectivity index (χ0n) is 8.93. The molecule has 0 unspecified atom stereocenters. The van der Waals surface area contributed by atoms with Crippen molar-refractivity contribution in [3.8, 4) is 0 Å². The molecular formula is C11H11F2NO2. The van der Waals surface area contributed by atoms with Crippen LogP contribution >= 0.6 is 0 Å². The summed E-state index contributed by atoms with van der Waals surface area (Å²) in [5.41, 5.74) is -0.273. The quantitative estimate of drug-likeness (QED) is 0.634. The average Bonchev–Trinajstić information content (AvgIpc) is 2.21. The topological polar surface area (TPSA) is 50.1 Å². The molecule has 16 heavy (non-hydrogen) atoms. The van der Waals surface area contributed by atoms with Crippen LogP contribution in [-0.2, 0) is 16.0 Å². The fourth-order valence-electron chi connectivity index (χ4n) is 1.27. The van der Waals surface area contributed by atoms with E-state index in [1.54, 1.807) is 0 Å². The Kier molecular flexibility index (Phi) is 3.71. The Balaban J connectivity index is 3.17. The van der Waals surface area contributed by atoms with E-state index in [1.807, 2.05) is 0 Å². The maximum atomic E-state index is 13.4. The summed E-state index contributed by atoms with van der Waals surface area (Å²) < 4.78 is 31.4. The van der Waals surface area contributed by atoms with Gasteiger partial charge in [-0.2, -0.15) is 0 Å². The molecule has 0 aliphatic heterocycles. The van der Waals surface area contributed by atoms with Gasteiger partial charge in [-0.25, -0.2) is 8.78 Å². The molecule has 0 fully saturated rings. The lowest BCUT2D eigenvalue weighted by Gasteiger charge is -2.07. The predicted octanol–water partition coefficient (Wildman–Crippen LogP) is 2.07. The van der Waals surface area contributed by atoms with Crippen molar-refractivity contribution in [2.45, 2.75) is 13.3 Å². The smallest absolute Gasteiger partial charge is 0.213 e. The molecule has 1 aromatic rings. The van der Waals surface area contributed by atoms with Gasteiger partial charge >= 0.3 is 0 Å². The van der Waals surface area contributed by atoms with Crippen LogP contribution in [-0.4, -0.2) is 18.8 Å². The van der Waals surface area contributed by atoms with Crippen molar-refractivity contribution in [1.29, 1.82) is 5.41 Å². The van der Waals surface area contributed by atoms with Crippen molar-refractivity contribution < 1.29 is 18.3 Å². The monoisotopic (exact) mass is 227 g/mol. The van der Waals surface area contributed by atoms with Gasteiger partial charge in [-0.05, 0) is 19.1 Å². The molecule has 0 saturated heterocycles. The third-order valence-electron chi connectivity index (χ3n) is 2.03. The van der Waals surface area contributed by atoms with Crippen LogP contribution in [0.2, 0.25) is 0 Å². The number of benzene rings is 1. The van der Waals surface area contributed by atoms with Gasteiger partial charge in [0, 0.05) is 17.5 Å². The summed E-state index contributed by atoms with van der Waals surface area (Å²) >= 11 is 0. The van der Waals surface area contributed by atoms with Crippen molar-refractivity contribution in [2.75, 3.05) is 7.11 Å². The molecule has 0 amide bonds.